The molecule has 2 fully saturated rings. The number of aliphatic hydroxyl groups is 8. The van der Waals surface area contributed by atoms with Gasteiger partial charge in [0.2, 0.25) is 5.91 Å². The van der Waals surface area contributed by atoms with Gasteiger partial charge in [-0.3, -0.25) is 4.79 Å². The first-order chi connectivity index (χ1) is 38.1. The summed E-state index contributed by atoms with van der Waals surface area (Å²) in [5, 5.41) is 86.6. The molecule has 9 N–H and O–H groups in total. The molecule has 12 unspecified atom stereocenters. The maximum Gasteiger partial charge on any atom is 0.220 e. The minimum Gasteiger partial charge on any atom is -0.394 e. The van der Waals surface area contributed by atoms with Crippen LogP contribution in [0, 0.1) is 0 Å². The number of ether oxygens (including phenoxy) is 4. The van der Waals surface area contributed by atoms with Gasteiger partial charge in [-0.1, -0.05) is 220 Å². The lowest BCUT2D eigenvalue weighted by Crippen LogP contribution is -2.65. The molecule has 0 aromatic rings. The predicted octanol–water partition coefficient (Wildman–Crippen LogP) is 10.7. The Hall–Kier alpha value is -3.09. The Labute approximate surface area is 471 Å². The highest BCUT2D eigenvalue weighted by Gasteiger charge is 2.51. The normalized spacial score (nSPS) is 25.3. The van der Waals surface area contributed by atoms with E-state index in [-0.39, 0.29) is 18.9 Å². The minimum atomic E-state index is -1.79. The molecule has 0 aromatic heterocycles. The summed E-state index contributed by atoms with van der Waals surface area (Å²) >= 11 is 0. The molecular weight excluding hydrogens is 991 g/mol. The van der Waals surface area contributed by atoms with Crippen molar-refractivity contribution in [1.82, 2.24) is 5.32 Å². The third-order valence-electron chi connectivity index (χ3n) is 14.3. The first-order valence-electron chi connectivity index (χ1n) is 30.5. The van der Waals surface area contributed by atoms with Crippen molar-refractivity contribution in [3.8, 4) is 0 Å². The molecule has 0 radical (unpaired) electrons. The summed E-state index contributed by atoms with van der Waals surface area (Å²) in [6.45, 7) is 2.59. The molecule has 12 atom stereocenters. The molecule has 14 heteroatoms. The second kappa shape index (κ2) is 48.6. The number of carbonyl (C=O) groups is 1. The topological polar surface area (TPSA) is 228 Å². The summed E-state index contributed by atoms with van der Waals surface area (Å²) in [5.41, 5.74) is 0. The Morgan fingerprint density at radius 1 is 0.474 bits per heavy atom. The van der Waals surface area contributed by atoms with E-state index in [1.165, 1.54) is 83.5 Å². The number of hydrogen-bond donors (Lipinski definition) is 9. The molecule has 0 aliphatic carbocycles. The third-order valence-corrected chi connectivity index (χ3v) is 14.3. The molecule has 0 aromatic carbocycles. The largest absolute Gasteiger partial charge is 0.394 e. The van der Waals surface area contributed by atoms with Crippen LogP contribution in [0.3, 0.4) is 0 Å². The Kier molecular flexibility index (Phi) is 44.3. The van der Waals surface area contributed by atoms with Crippen LogP contribution in [0.1, 0.15) is 206 Å². The first-order valence-corrected chi connectivity index (χ1v) is 30.5. The molecule has 78 heavy (non-hydrogen) atoms. The summed E-state index contributed by atoms with van der Waals surface area (Å²) in [7, 11) is 0. The molecule has 2 saturated heterocycles. The average Bonchev–Trinajstić information content (AvgIpc) is 3.47. The van der Waals surface area contributed by atoms with Gasteiger partial charge in [0.1, 0.15) is 48.8 Å². The smallest absolute Gasteiger partial charge is 0.220 e. The number of hydrogen-bond acceptors (Lipinski definition) is 13. The van der Waals surface area contributed by atoms with Crippen molar-refractivity contribution in [2.45, 2.75) is 280 Å². The van der Waals surface area contributed by atoms with E-state index >= 15 is 0 Å². The zero-order chi connectivity index (χ0) is 56.7. The number of carbonyl (C=O) groups excluding carboxylic acids is 1. The molecule has 0 bridgehead atoms. The lowest BCUT2D eigenvalue weighted by Gasteiger charge is -2.46. The molecule has 0 saturated carbocycles. The maximum absolute atomic E-state index is 13.2. The zero-order valence-corrected chi connectivity index (χ0v) is 48.1. The molecule has 2 rings (SSSR count). The number of aliphatic hydroxyl groups excluding tert-OH is 8. The molecule has 2 heterocycles. The molecule has 14 nitrogen and oxygen atoms in total. The lowest BCUT2D eigenvalue weighted by atomic mass is 9.97. The van der Waals surface area contributed by atoms with Crippen LogP contribution in [0.2, 0.25) is 0 Å². The van der Waals surface area contributed by atoms with Crippen molar-refractivity contribution in [3.63, 3.8) is 0 Å². The van der Waals surface area contributed by atoms with E-state index < -0.39 is 86.8 Å². The number of rotatable bonds is 47. The first kappa shape index (κ1) is 71.0. The fourth-order valence-electron chi connectivity index (χ4n) is 9.39. The van der Waals surface area contributed by atoms with Gasteiger partial charge < -0.3 is 65.1 Å². The van der Waals surface area contributed by atoms with Gasteiger partial charge in [0.15, 0.2) is 12.6 Å². The molecule has 2 aliphatic rings. The highest BCUT2D eigenvalue weighted by Crippen LogP contribution is 2.30. The van der Waals surface area contributed by atoms with E-state index in [4.69, 9.17) is 18.9 Å². The van der Waals surface area contributed by atoms with E-state index in [0.29, 0.717) is 6.42 Å². The van der Waals surface area contributed by atoms with Crippen molar-refractivity contribution in [2.24, 2.45) is 0 Å². The fraction of sp³-hybridized carbons (Fsp3) is 0.734. The van der Waals surface area contributed by atoms with Crippen LogP contribution in [-0.2, 0) is 23.7 Å². The van der Waals surface area contributed by atoms with Crippen molar-refractivity contribution < 1.29 is 64.6 Å². The van der Waals surface area contributed by atoms with Gasteiger partial charge in [-0.2, -0.15) is 0 Å². The van der Waals surface area contributed by atoms with Crippen molar-refractivity contribution in [1.29, 1.82) is 0 Å². The third kappa shape index (κ3) is 33.6. The average molecular weight is 1100 g/mol. The molecule has 0 spiro atoms. The van der Waals surface area contributed by atoms with E-state index in [2.05, 4.69) is 104 Å². The van der Waals surface area contributed by atoms with Crippen LogP contribution in [0.4, 0.5) is 0 Å². The Morgan fingerprint density at radius 3 is 1.36 bits per heavy atom. The predicted molar refractivity (Wildman–Crippen MR) is 313 cm³/mol. The van der Waals surface area contributed by atoms with E-state index in [9.17, 15) is 45.6 Å². The van der Waals surface area contributed by atoms with Crippen LogP contribution in [0.25, 0.3) is 0 Å². The van der Waals surface area contributed by atoms with Crippen LogP contribution in [0.5, 0.6) is 0 Å². The summed E-state index contributed by atoms with van der Waals surface area (Å²) in [4.78, 5) is 13.2. The number of unbranched alkanes of at least 4 members (excludes halogenated alkanes) is 20. The van der Waals surface area contributed by atoms with Crippen LogP contribution in [-0.4, -0.2) is 140 Å². The molecule has 448 valence electrons. The summed E-state index contributed by atoms with van der Waals surface area (Å²) < 4.78 is 22.7. The Balaban J connectivity index is 1.55. The van der Waals surface area contributed by atoms with Gasteiger partial charge in [-0.25, -0.2) is 0 Å². The van der Waals surface area contributed by atoms with Crippen LogP contribution < -0.4 is 5.32 Å². The molecule has 2 aliphatic heterocycles. The van der Waals surface area contributed by atoms with Crippen molar-refractivity contribution in [2.75, 3.05) is 19.8 Å². The summed E-state index contributed by atoms with van der Waals surface area (Å²) in [5.74, 6) is -0.248. The second-order valence-electron chi connectivity index (χ2n) is 21.1. The summed E-state index contributed by atoms with van der Waals surface area (Å²) in [6, 6.07) is -0.916. The highest BCUT2D eigenvalue weighted by molar-refractivity contribution is 5.76. The SMILES string of the molecule is CC/C=C\C/C=C\C/C=C\C/C=C\C/C=C\C/C=C\C/C=C\CCCCCCCCCCCCCCCCCC(=O)NC(COC1OC(CO)C(OC2OC(CO)C(O)C(O)C2O)C(O)C1O)C(O)/C=C/CCCCCCC. The quantitative estimate of drug-likeness (QED) is 0.0204. The van der Waals surface area contributed by atoms with Gasteiger partial charge in [0.05, 0.1) is 32.0 Å². The number of allylic oxidation sites excluding steroid dienone is 15. The Bertz CT molecular complexity index is 1680. The van der Waals surface area contributed by atoms with Crippen molar-refractivity contribution >= 4 is 5.91 Å². The molecular formula is C64H109NO13. The number of amides is 1. The highest BCUT2D eigenvalue weighted by atomic mass is 16.7. The lowest BCUT2D eigenvalue weighted by molar-refractivity contribution is -0.359. The fourth-order valence-corrected chi connectivity index (χ4v) is 9.39. The van der Waals surface area contributed by atoms with Gasteiger partial charge >= 0.3 is 0 Å². The van der Waals surface area contributed by atoms with Crippen LogP contribution in [0.15, 0.2) is 97.2 Å². The minimum absolute atomic E-state index is 0.248. The van der Waals surface area contributed by atoms with Crippen molar-refractivity contribution in [3.05, 3.63) is 97.2 Å². The monoisotopic (exact) mass is 1100 g/mol. The maximum atomic E-state index is 13.2. The summed E-state index contributed by atoms with van der Waals surface area (Å²) in [6.07, 6.45) is 50.8. The van der Waals surface area contributed by atoms with Gasteiger partial charge in [0, 0.05) is 6.42 Å². The second-order valence-corrected chi connectivity index (χ2v) is 21.1. The molecule has 1 amide bonds. The van der Waals surface area contributed by atoms with E-state index in [0.717, 1.165) is 96.3 Å². The van der Waals surface area contributed by atoms with E-state index in [1.807, 2.05) is 6.08 Å². The van der Waals surface area contributed by atoms with Gasteiger partial charge in [-0.15, -0.1) is 0 Å². The van der Waals surface area contributed by atoms with E-state index in [1.54, 1.807) is 6.08 Å². The van der Waals surface area contributed by atoms with Crippen LogP contribution >= 0.6 is 0 Å². The zero-order valence-electron chi connectivity index (χ0n) is 48.1. The standard InChI is InChI=1S/C64H109NO13/c1-3-5-7-9-11-12-13-14-15-16-17-18-19-20-21-22-23-24-25-26-27-28-29-30-31-32-33-34-35-36-37-38-39-40-42-44-46-48-56(69)65-52(53(68)47-45-43-41-10-8-6-4-2)51-75-63-61(74)59(72)62(55(50-67)77-63)78-64-60(73)58(71)57(70)54(49-66)76-64/h5,7,11-12,14-15,17-18,20-21,23-24,26-27,45,47,52-55,57-64,66-68,70-74H,3-4,6,8-10,13,16,19,22,25,28-44,46,48-51H2,1-2H3,(H,65,69)/b7-5-,12-11-,15-14-,18-17-,21-20-,24-23-,27-26-,47-45+. The number of nitrogens with one attached hydrogen (secondary N) is 1. The van der Waals surface area contributed by atoms with Gasteiger partial charge in [-0.05, 0) is 77.0 Å². The van der Waals surface area contributed by atoms with Gasteiger partial charge in [0.25, 0.3) is 0 Å². The Morgan fingerprint density at radius 2 is 0.885 bits per heavy atom.